The number of benzene rings is 2. The number of carbonyl (C=O) groups is 2. The molecule has 0 saturated heterocycles. The van der Waals surface area contributed by atoms with Gasteiger partial charge in [0.15, 0.2) is 6.04 Å². The normalized spacial score (nSPS) is 13.2. The molecule has 1 amide bonds. The Bertz CT molecular complexity index is 710. The molecule has 4 nitrogen and oxygen atoms in total. The fourth-order valence-corrected chi connectivity index (χ4v) is 2.52. The summed E-state index contributed by atoms with van der Waals surface area (Å²) in [7, 11) is 0. The smallest absolute Gasteiger partial charge is 0.330 e. The molecule has 23 heavy (non-hydrogen) atoms. The summed E-state index contributed by atoms with van der Waals surface area (Å²) in [5, 5.41) is 12.2. The molecule has 0 aliphatic rings. The monoisotopic (exact) mass is 311 g/mol. The standard InChI is InChI=1S/C19H21NO3/c1-12-8-7-11-16(13(12)2)17(19(22)23)20-18(21)14(3)15-9-5-4-6-10-15/h4-11,14,17H,1-3H3,(H,20,21)(H,22,23)/t14-,17?/m1/s1. The third kappa shape index (κ3) is 3.77. The van der Waals surface area contributed by atoms with E-state index in [2.05, 4.69) is 5.32 Å². The second kappa shape index (κ2) is 7.09. The molecule has 2 atom stereocenters. The van der Waals surface area contributed by atoms with Crippen LogP contribution >= 0.6 is 0 Å². The van der Waals surface area contributed by atoms with Gasteiger partial charge < -0.3 is 10.4 Å². The highest BCUT2D eigenvalue weighted by molar-refractivity contribution is 5.88. The maximum Gasteiger partial charge on any atom is 0.330 e. The highest BCUT2D eigenvalue weighted by Gasteiger charge is 2.26. The molecule has 4 heteroatoms. The number of aliphatic carboxylic acids is 1. The minimum absolute atomic E-state index is 0.301. The zero-order valence-corrected chi connectivity index (χ0v) is 13.5. The summed E-state index contributed by atoms with van der Waals surface area (Å²) in [6.45, 7) is 5.56. The molecule has 0 bridgehead atoms. The molecule has 0 saturated carbocycles. The van der Waals surface area contributed by atoms with Crippen LogP contribution in [0, 0.1) is 13.8 Å². The Morgan fingerprint density at radius 3 is 2.26 bits per heavy atom. The van der Waals surface area contributed by atoms with Crippen molar-refractivity contribution in [3.8, 4) is 0 Å². The molecule has 0 fully saturated rings. The fraction of sp³-hybridized carbons (Fsp3) is 0.263. The molecule has 0 aliphatic heterocycles. The van der Waals surface area contributed by atoms with Crippen LogP contribution in [0.5, 0.6) is 0 Å². The van der Waals surface area contributed by atoms with Gasteiger partial charge in [-0.25, -0.2) is 4.79 Å². The summed E-state index contributed by atoms with van der Waals surface area (Å²) in [5.41, 5.74) is 3.35. The number of aryl methyl sites for hydroxylation is 1. The second-order valence-corrected chi connectivity index (χ2v) is 5.70. The minimum atomic E-state index is -1.06. The minimum Gasteiger partial charge on any atom is -0.479 e. The van der Waals surface area contributed by atoms with E-state index in [1.807, 2.05) is 50.2 Å². The van der Waals surface area contributed by atoms with Crippen molar-refractivity contribution < 1.29 is 14.7 Å². The topological polar surface area (TPSA) is 66.4 Å². The van der Waals surface area contributed by atoms with Gasteiger partial charge in [0.05, 0.1) is 5.92 Å². The average molecular weight is 311 g/mol. The largest absolute Gasteiger partial charge is 0.479 e. The van der Waals surface area contributed by atoms with Crippen LogP contribution in [0.15, 0.2) is 48.5 Å². The lowest BCUT2D eigenvalue weighted by Crippen LogP contribution is -2.36. The quantitative estimate of drug-likeness (QED) is 0.890. The molecule has 1 unspecified atom stereocenters. The van der Waals surface area contributed by atoms with Crippen LogP contribution < -0.4 is 5.32 Å². The number of hydrogen-bond donors (Lipinski definition) is 2. The predicted molar refractivity (Wildman–Crippen MR) is 89.3 cm³/mol. The highest BCUT2D eigenvalue weighted by Crippen LogP contribution is 2.23. The summed E-state index contributed by atoms with van der Waals surface area (Å²) in [5.74, 6) is -1.78. The van der Waals surface area contributed by atoms with Gasteiger partial charge in [-0.05, 0) is 43.0 Å². The summed E-state index contributed by atoms with van der Waals surface area (Å²) in [6, 6.07) is 13.7. The van der Waals surface area contributed by atoms with Gasteiger partial charge in [0.1, 0.15) is 0 Å². The van der Waals surface area contributed by atoms with Crippen LogP contribution in [-0.4, -0.2) is 17.0 Å². The fourth-order valence-electron chi connectivity index (χ4n) is 2.52. The predicted octanol–water partition coefficient (Wildman–Crippen LogP) is 3.35. The highest BCUT2D eigenvalue weighted by atomic mass is 16.4. The van der Waals surface area contributed by atoms with Crippen molar-refractivity contribution in [3.05, 3.63) is 70.8 Å². The lowest BCUT2D eigenvalue weighted by Gasteiger charge is -2.20. The van der Waals surface area contributed by atoms with Gasteiger partial charge in [-0.15, -0.1) is 0 Å². The van der Waals surface area contributed by atoms with Gasteiger partial charge >= 0.3 is 5.97 Å². The van der Waals surface area contributed by atoms with Crippen molar-refractivity contribution in [1.82, 2.24) is 5.32 Å². The molecule has 2 rings (SSSR count). The van der Waals surface area contributed by atoms with Crippen LogP contribution in [0.2, 0.25) is 0 Å². The molecule has 120 valence electrons. The van der Waals surface area contributed by atoms with E-state index in [4.69, 9.17) is 0 Å². The third-order valence-corrected chi connectivity index (χ3v) is 4.18. The summed E-state index contributed by atoms with van der Waals surface area (Å²) in [6.07, 6.45) is 0. The van der Waals surface area contributed by atoms with Crippen molar-refractivity contribution in [2.24, 2.45) is 0 Å². The maximum absolute atomic E-state index is 12.5. The van der Waals surface area contributed by atoms with Crippen molar-refractivity contribution in [1.29, 1.82) is 0 Å². The Balaban J connectivity index is 2.25. The molecule has 2 aromatic carbocycles. The lowest BCUT2D eigenvalue weighted by atomic mass is 9.95. The molecule has 0 spiro atoms. The SMILES string of the molecule is Cc1cccc(C(NC(=O)[C@H](C)c2ccccc2)C(=O)O)c1C. The second-order valence-electron chi connectivity index (χ2n) is 5.70. The van der Waals surface area contributed by atoms with Gasteiger partial charge in [-0.2, -0.15) is 0 Å². The lowest BCUT2D eigenvalue weighted by molar-refractivity contribution is -0.142. The van der Waals surface area contributed by atoms with Gasteiger partial charge in [0, 0.05) is 0 Å². The van der Waals surface area contributed by atoms with E-state index < -0.39 is 17.9 Å². The molecular weight excluding hydrogens is 290 g/mol. The number of rotatable bonds is 5. The van der Waals surface area contributed by atoms with Gasteiger partial charge in [0.2, 0.25) is 5.91 Å². The van der Waals surface area contributed by atoms with E-state index in [9.17, 15) is 14.7 Å². The zero-order chi connectivity index (χ0) is 17.0. The van der Waals surface area contributed by atoms with Crippen molar-refractivity contribution in [2.75, 3.05) is 0 Å². The molecule has 2 N–H and O–H groups in total. The summed E-state index contributed by atoms with van der Waals surface area (Å²) in [4.78, 5) is 24.1. The van der Waals surface area contributed by atoms with Crippen LogP contribution in [-0.2, 0) is 9.59 Å². The number of nitrogens with one attached hydrogen (secondary N) is 1. The zero-order valence-electron chi connectivity index (χ0n) is 13.5. The van der Waals surface area contributed by atoms with Crippen molar-refractivity contribution in [2.45, 2.75) is 32.7 Å². The Labute approximate surface area is 136 Å². The Morgan fingerprint density at radius 1 is 1.00 bits per heavy atom. The molecule has 0 heterocycles. The number of carbonyl (C=O) groups excluding carboxylic acids is 1. The number of amides is 1. The van der Waals surface area contributed by atoms with Crippen LogP contribution in [0.1, 0.15) is 41.1 Å². The first kappa shape index (κ1) is 16.7. The van der Waals surface area contributed by atoms with E-state index in [1.54, 1.807) is 19.1 Å². The average Bonchev–Trinajstić information content (AvgIpc) is 2.55. The number of carboxylic acid groups (broad SMARTS) is 1. The number of carboxylic acids is 1. The molecule has 0 aromatic heterocycles. The molecule has 0 aliphatic carbocycles. The Morgan fingerprint density at radius 2 is 1.65 bits per heavy atom. The van der Waals surface area contributed by atoms with Gasteiger partial charge in [-0.1, -0.05) is 48.5 Å². The molecular formula is C19H21NO3. The Hall–Kier alpha value is -2.62. The van der Waals surface area contributed by atoms with E-state index in [1.165, 1.54) is 0 Å². The van der Waals surface area contributed by atoms with Crippen molar-refractivity contribution >= 4 is 11.9 Å². The third-order valence-electron chi connectivity index (χ3n) is 4.18. The van der Waals surface area contributed by atoms with E-state index in [-0.39, 0.29) is 5.91 Å². The van der Waals surface area contributed by atoms with Crippen LogP contribution in [0.3, 0.4) is 0 Å². The van der Waals surface area contributed by atoms with Crippen molar-refractivity contribution in [3.63, 3.8) is 0 Å². The van der Waals surface area contributed by atoms with Crippen LogP contribution in [0.4, 0.5) is 0 Å². The number of hydrogen-bond acceptors (Lipinski definition) is 2. The first-order valence-electron chi connectivity index (χ1n) is 7.56. The van der Waals surface area contributed by atoms with E-state index in [0.717, 1.165) is 16.7 Å². The Kier molecular flexibility index (Phi) is 5.16. The summed E-state index contributed by atoms with van der Waals surface area (Å²) >= 11 is 0. The van der Waals surface area contributed by atoms with E-state index in [0.29, 0.717) is 5.56 Å². The first-order valence-corrected chi connectivity index (χ1v) is 7.56. The van der Waals surface area contributed by atoms with Gasteiger partial charge in [-0.3, -0.25) is 4.79 Å². The van der Waals surface area contributed by atoms with E-state index >= 15 is 0 Å². The van der Waals surface area contributed by atoms with Gasteiger partial charge in [0.25, 0.3) is 0 Å². The maximum atomic E-state index is 12.5. The molecule has 0 radical (unpaired) electrons. The first-order chi connectivity index (χ1) is 10.9. The summed E-state index contributed by atoms with van der Waals surface area (Å²) < 4.78 is 0. The molecule has 2 aromatic rings. The van der Waals surface area contributed by atoms with Crippen LogP contribution in [0.25, 0.3) is 0 Å².